The van der Waals surface area contributed by atoms with Crippen molar-refractivity contribution in [3.63, 3.8) is 0 Å². The number of methoxy groups -OCH3 is 1. The first kappa shape index (κ1) is 13.8. The molecule has 1 aromatic rings. The maximum atomic E-state index is 12.5. The molecule has 0 atom stereocenters. The highest BCUT2D eigenvalue weighted by Crippen LogP contribution is 2.31. The number of amides is 1. The van der Waals surface area contributed by atoms with Gasteiger partial charge in [0.2, 0.25) is 0 Å². The quantitative estimate of drug-likeness (QED) is 0.477. The predicted molar refractivity (Wildman–Crippen MR) is 57.0 cm³/mol. The minimum Gasteiger partial charge on any atom is -0.364 e. The third-order valence-corrected chi connectivity index (χ3v) is 2.16. The van der Waals surface area contributed by atoms with Crippen molar-refractivity contribution < 1.29 is 22.7 Å². The number of rotatable bonds is 3. The number of benzene rings is 1. The molecule has 0 aliphatic carbocycles. The van der Waals surface area contributed by atoms with E-state index in [-0.39, 0.29) is 12.4 Å². The molecule has 0 radical (unpaired) electrons. The van der Waals surface area contributed by atoms with Crippen LogP contribution >= 0.6 is 11.6 Å². The number of hydrogen-bond acceptors (Lipinski definition) is 2. The Bertz CT molecular complexity index is 409. The third kappa shape index (κ3) is 3.61. The van der Waals surface area contributed by atoms with Crippen molar-refractivity contribution in [2.24, 2.45) is 0 Å². The molecule has 0 saturated carbocycles. The van der Waals surface area contributed by atoms with Crippen molar-refractivity contribution in [1.82, 2.24) is 0 Å². The summed E-state index contributed by atoms with van der Waals surface area (Å²) in [5, 5.41) is -0.911. The van der Waals surface area contributed by atoms with Gasteiger partial charge in [-0.1, -0.05) is 6.07 Å². The Hall–Kier alpha value is -1.27. The maximum absolute atomic E-state index is 12.5. The molecule has 1 rings (SSSR count). The summed E-state index contributed by atoms with van der Waals surface area (Å²) in [5.41, 5.74) is -0.823. The van der Waals surface area contributed by atoms with Gasteiger partial charge in [0.15, 0.2) is 0 Å². The van der Waals surface area contributed by atoms with Crippen LogP contribution in [0.1, 0.15) is 5.56 Å². The molecule has 1 aromatic carbocycles. The molecule has 1 amide bonds. The maximum Gasteiger partial charge on any atom is 0.416 e. The van der Waals surface area contributed by atoms with Gasteiger partial charge in [-0.15, -0.1) is 0 Å². The molecule has 0 aliphatic rings. The molecule has 0 fully saturated rings. The molecule has 0 aliphatic heterocycles. The summed E-state index contributed by atoms with van der Waals surface area (Å²) in [6, 6.07) is 4.28. The summed E-state index contributed by atoms with van der Waals surface area (Å²) in [6.07, 6.45) is -4.47. The summed E-state index contributed by atoms with van der Waals surface area (Å²) in [5.74, 6) is 0. The first-order chi connectivity index (χ1) is 7.86. The second kappa shape index (κ2) is 5.37. The molecule has 0 N–H and O–H groups in total. The zero-order valence-corrected chi connectivity index (χ0v) is 9.55. The van der Waals surface area contributed by atoms with Crippen LogP contribution in [0.5, 0.6) is 0 Å². The second-order valence-electron chi connectivity index (χ2n) is 3.15. The lowest BCUT2D eigenvalue weighted by Gasteiger charge is -2.19. The average molecular weight is 268 g/mol. The standard InChI is InChI=1S/C10H9ClF3NO2/c1-17-6-15(9(11)16)8-4-2-3-7(5-8)10(12,13)14/h2-5H,6H2,1H3. The fourth-order valence-electron chi connectivity index (χ4n) is 1.21. The lowest BCUT2D eigenvalue weighted by atomic mass is 10.2. The topological polar surface area (TPSA) is 29.5 Å². The molecule has 0 saturated heterocycles. The Morgan fingerprint density at radius 3 is 2.59 bits per heavy atom. The zero-order chi connectivity index (χ0) is 13.1. The van der Waals surface area contributed by atoms with E-state index in [0.29, 0.717) is 0 Å². The van der Waals surface area contributed by atoms with E-state index < -0.39 is 17.1 Å². The molecule has 0 unspecified atom stereocenters. The first-order valence-corrected chi connectivity index (χ1v) is 4.87. The number of ether oxygens (including phenoxy) is 1. The monoisotopic (exact) mass is 267 g/mol. The Kier molecular flexibility index (Phi) is 4.36. The third-order valence-electron chi connectivity index (χ3n) is 1.96. The molecule has 3 nitrogen and oxygen atoms in total. The van der Waals surface area contributed by atoms with Gasteiger partial charge < -0.3 is 4.74 Å². The Labute approximate surface area is 101 Å². The SMILES string of the molecule is COCN(C(=O)Cl)c1cccc(C(F)(F)F)c1. The van der Waals surface area contributed by atoms with E-state index >= 15 is 0 Å². The lowest BCUT2D eigenvalue weighted by Crippen LogP contribution is -2.28. The number of carbonyl (C=O) groups is 1. The fourth-order valence-corrected chi connectivity index (χ4v) is 1.35. The van der Waals surface area contributed by atoms with Gasteiger partial charge in [0.1, 0.15) is 6.73 Å². The summed E-state index contributed by atoms with van der Waals surface area (Å²) < 4.78 is 42.0. The normalized spacial score (nSPS) is 11.4. The molecule has 0 bridgehead atoms. The van der Waals surface area contributed by atoms with Gasteiger partial charge >= 0.3 is 11.5 Å². The summed E-state index contributed by atoms with van der Waals surface area (Å²) in [7, 11) is 1.31. The molecular weight excluding hydrogens is 259 g/mol. The highest BCUT2D eigenvalue weighted by Gasteiger charge is 2.31. The van der Waals surface area contributed by atoms with Crippen molar-refractivity contribution >= 4 is 22.7 Å². The molecular formula is C10H9ClF3NO2. The number of alkyl halides is 3. The van der Waals surface area contributed by atoms with Gasteiger partial charge in [-0.05, 0) is 29.8 Å². The zero-order valence-electron chi connectivity index (χ0n) is 8.79. The van der Waals surface area contributed by atoms with E-state index in [2.05, 4.69) is 4.74 Å². The molecule has 94 valence electrons. The van der Waals surface area contributed by atoms with Crippen molar-refractivity contribution in [2.45, 2.75) is 6.18 Å². The summed E-state index contributed by atoms with van der Waals surface area (Å²) >= 11 is 5.25. The number of anilines is 1. The summed E-state index contributed by atoms with van der Waals surface area (Å²) in [6.45, 7) is -0.219. The van der Waals surface area contributed by atoms with Crippen molar-refractivity contribution in [2.75, 3.05) is 18.7 Å². The average Bonchev–Trinajstić information content (AvgIpc) is 2.24. The van der Waals surface area contributed by atoms with Gasteiger partial charge in [-0.3, -0.25) is 9.69 Å². The minimum absolute atomic E-state index is 0.0293. The molecule has 0 spiro atoms. The highest BCUT2D eigenvalue weighted by molar-refractivity contribution is 6.66. The van der Waals surface area contributed by atoms with E-state index in [4.69, 9.17) is 11.6 Å². The van der Waals surface area contributed by atoms with Crippen LogP contribution in [0.15, 0.2) is 24.3 Å². The van der Waals surface area contributed by atoms with E-state index in [9.17, 15) is 18.0 Å². The molecule has 7 heteroatoms. The first-order valence-electron chi connectivity index (χ1n) is 4.49. The Morgan fingerprint density at radius 2 is 2.12 bits per heavy atom. The van der Waals surface area contributed by atoms with Crippen molar-refractivity contribution in [3.8, 4) is 0 Å². The fraction of sp³-hybridized carbons (Fsp3) is 0.300. The van der Waals surface area contributed by atoms with Gasteiger partial charge in [-0.25, -0.2) is 0 Å². The van der Waals surface area contributed by atoms with Crippen LogP contribution in [0.4, 0.5) is 23.7 Å². The van der Waals surface area contributed by atoms with E-state index in [0.717, 1.165) is 17.0 Å². The predicted octanol–water partition coefficient (Wildman–Crippen LogP) is 3.47. The molecule has 17 heavy (non-hydrogen) atoms. The van der Waals surface area contributed by atoms with Crippen molar-refractivity contribution in [3.05, 3.63) is 29.8 Å². The lowest BCUT2D eigenvalue weighted by molar-refractivity contribution is -0.137. The van der Waals surface area contributed by atoms with Crippen LogP contribution in [0.3, 0.4) is 0 Å². The van der Waals surface area contributed by atoms with Crippen LogP contribution < -0.4 is 4.90 Å². The van der Waals surface area contributed by atoms with Crippen molar-refractivity contribution in [1.29, 1.82) is 0 Å². The number of carbonyl (C=O) groups excluding carboxylic acids is 1. The van der Waals surface area contributed by atoms with Gasteiger partial charge in [0.05, 0.1) is 5.56 Å². The summed E-state index contributed by atoms with van der Waals surface area (Å²) in [4.78, 5) is 11.9. The smallest absolute Gasteiger partial charge is 0.364 e. The van der Waals surface area contributed by atoms with E-state index in [1.165, 1.54) is 19.2 Å². The van der Waals surface area contributed by atoms with Gasteiger partial charge in [0, 0.05) is 12.8 Å². The number of halogens is 4. The molecule has 0 heterocycles. The number of nitrogens with zero attached hydrogens (tertiary/aromatic N) is 1. The van der Waals surface area contributed by atoms with Crippen LogP contribution in [0, 0.1) is 0 Å². The molecule has 0 aromatic heterocycles. The second-order valence-corrected chi connectivity index (χ2v) is 3.47. The minimum atomic E-state index is -4.47. The highest BCUT2D eigenvalue weighted by atomic mass is 35.5. The van der Waals surface area contributed by atoms with E-state index in [1.807, 2.05) is 0 Å². The van der Waals surface area contributed by atoms with Crippen LogP contribution in [-0.4, -0.2) is 19.2 Å². The van der Waals surface area contributed by atoms with Gasteiger partial charge in [-0.2, -0.15) is 13.2 Å². The van der Waals surface area contributed by atoms with E-state index in [1.54, 1.807) is 0 Å². The van der Waals surface area contributed by atoms with Crippen LogP contribution in [0.25, 0.3) is 0 Å². The Morgan fingerprint density at radius 1 is 1.47 bits per heavy atom. The number of hydrogen-bond donors (Lipinski definition) is 0. The van der Waals surface area contributed by atoms with Gasteiger partial charge in [0.25, 0.3) is 0 Å². The largest absolute Gasteiger partial charge is 0.416 e. The Balaban J connectivity index is 3.08. The van der Waals surface area contributed by atoms with Crippen LogP contribution in [-0.2, 0) is 10.9 Å². The van der Waals surface area contributed by atoms with Crippen LogP contribution in [0.2, 0.25) is 0 Å².